The van der Waals surface area contributed by atoms with Crippen molar-refractivity contribution < 1.29 is 13.3 Å². The molecule has 5 nitrogen and oxygen atoms in total. The van der Waals surface area contributed by atoms with E-state index < -0.39 is 8.80 Å². The Labute approximate surface area is 111 Å². The first kappa shape index (κ1) is 15.2. The summed E-state index contributed by atoms with van der Waals surface area (Å²) in [6.45, 7) is 6.53. The zero-order valence-corrected chi connectivity index (χ0v) is 12.6. The predicted octanol–water partition coefficient (Wildman–Crippen LogP) is 1.49. The zero-order chi connectivity index (χ0) is 13.4. The minimum atomic E-state index is -2.40. The monoisotopic (exact) mass is 272 g/mol. The molecule has 0 N–H and O–H groups in total. The summed E-state index contributed by atoms with van der Waals surface area (Å²) in [7, 11) is 2.56. The van der Waals surface area contributed by atoms with E-state index >= 15 is 0 Å². The molecule has 1 rings (SSSR count). The standard InChI is InChI=1S/C12H24N2O3Si/c1-5-7-13-9-10-14(12-13)8-6-11-18(15-2,16-3)17-4/h5,9-10H,1,6-8,11-12H2,2-4H3. The molecule has 1 heterocycles. The minimum absolute atomic E-state index is 0.836. The third-order valence-electron chi connectivity index (χ3n) is 3.08. The van der Waals surface area contributed by atoms with Crippen LogP contribution < -0.4 is 0 Å². The molecule has 0 aromatic rings. The maximum atomic E-state index is 5.39. The van der Waals surface area contributed by atoms with E-state index in [-0.39, 0.29) is 0 Å². The van der Waals surface area contributed by atoms with Crippen LogP contribution in [-0.4, -0.2) is 59.7 Å². The van der Waals surface area contributed by atoms with Crippen molar-refractivity contribution in [2.24, 2.45) is 0 Å². The van der Waals surface area contributed by atoms with Gasteiger partial charge in [0.1, 0.15) is 0 Å². The minimum Gasteiger partial charge on any atom is -0.377 e. The normalized spacial score (nSPS) is 15.5. The van der Waals surface area contributed by atoms with Crippen LogP contribution in [-0.2, 0) is 13.3 Å². The summed E-state index contributed by atoms with van der Waals surface area (Å²) in [5.41, 5.74) is 0. The Morgan fingerprint density at radius 2 is 1.78 bits per heavy atom. The lowest BCUT2D eigenvalue weighted by Gasteiger charge is -2.25. The van der Waals surface area contributed by atoms with E-state index in [1.807, 2.05) is 6.08 Å². The van der Waals surface area contributed by atoms with E-state index in [1.54, 1.807) is 21.3 Å². The predicted molar refractivity (Wildman–Crippen MR) is 73.8 cm³/mol. The number of rotatable bonds is 9. The fourth-order valence-electron chi connectivity index (χ4n) is 2.00. The fraction of sp³-hybridized carbons (Fsp3) is 0.667. The Balaban J connectivity index is 2.26. The average molecular weight is 272 g/mol. The van der Waals surface area contributed by atoms with Gasteiger partial charge in [-0.3, -0.25) is 0 Å². The molecule has 1 aliphatic heterocycles. The Bertz CT molecular complexity index is 274. The summed E-state index contributed by atoms with van der Waals surface area (Å²) in [4.78, 5) is 4.48. The highest BCUT2D eigenvalue weighted by atomic mass is 28.4. The van der Waals surface area contributed by atoms with Crippen LogP contribution in [0.1, 0.15) is 6.42 Å². The number of nitrogens with zero attached hydrogens (tertiary/aromatic N) is 2. The van der Waals surface area contributed by atoms with Crippen molar-refractivity contribution in [3.63, 3.8) is 0 Å². The molecule has 0 aromatic carbocycles. The van der Waals surface area contributed by atoms with Crippen LogP contribution in [0.4, 0.5) is 0 Å². The largest absolute Gasteiger partial charge is 0.500 e. The van der Waals surface area contributed by atoms with Gasteiger partial charge < -0.3 is 23.1 Å². The zero-order valence-electron chi connectivity index (χ0n) is 11.6. The lowest BCUT2D eigenvalue weighted by atomic mass is 10.4. The second kappa shape index (κ2) is 7.58. The fourth-order valence-corrected chi connectivity index (χ4v) is 3.70. The van der Waals surface area contributed by atoms with Gasteiger partial charge >= 0.3 is 8.80 Å². The van der Waals surface area contributed by atoms with Gasteiger partial charge in [0, 0.05) is 52.9 Å². The Morgan fingerprint density at radius 1 is 1.17 bits per heavy atom. The molecule has 104 valence electrons. The highest BCUT2D eigenvalue weighted by Crippen LogP contribution is 2.16. The maximum absolute atomic E-state index is 5.39. The summed E-state index contributed by atoms with van der Waals surface area (Å²) >= 11 is 0. The quantitative estimate of drug-likeness (QED) is 0.469. The molecule has 1 aliphatic rings. The van der Waals surface area contributed by atoms with Crippen molar-refractivity contribution in [3.05, 3.63) is 25.1 Å². The second-order valence-corrected chi connectivity index (χ2v) is 7.30. The van der Waals surface area contributed by atoms with E-state index in [1.165, 1.54) is 0 Å². The summed E-state index contributed by atoms with van der Waals surface area (Å²) < 4.78 is 16.2. The van der Waals surface area contributed by atoms with E-state index in [2.05, 4.69) is 28.8 Å². The second-order valence-electron chi connectivity index (χ2n) is 4.21. The smallest absolute Gasteiger partial charge is 0.377 e. The SMILES string of the molecule is C=CCN1C=CN(CCC[Si](OC)(OC)OC)C1. The van der Waals surface area contributed by atoms with Crippen molar-refractivity contribution in [2.75, 3.05) is 41.1 Å². The molecule has 0 fully saturated rings. The molecule has 0 atom stereocenters. The molecular formula is C12H24N2O3Si. The first-order valence-electron chi connectivity index (χ1n) is 6.12. The van der Waals surface area contributed by atoms with Gasteiger partial charge in [-0.15, -0.1) is 6.58 Å². The highest BCUT2D eigenvalue weighted by molar-refractivity contribution is 6.60. The van der Waals surface area contributed by atoms with Gasteiger partial charge in [-0.2, -0.15) is 0 Å². The summed E-state index contributed by atoms with van der Waals surface area (Å²) in [6.07, 6.45) is 7.11. The lowest BCUT2D eigenvalue weighted by molar-refractivity contribution is 0.122. The lowest BCUT2D eigenvalue weighted by Crippen LogP contribution is -2.43. The van der Waals surface area contributed by atoms with Crippen LogP contribution in [0.25, 0.3) is 0 Å². The third kappa shape index (κ3) is 4.13. The summed E-state index contributed by atoms with van der Waals surface area (Å²) in [5, 5.41) is 0. The van der Waals surface area contributed by atoms with Gasteiger partial charge in [0.2, 0.25) is 0 Å². The molecule has 0 bridgehead atoms. The first-order chi connectivity index (χ1) is 8.69. The molecule has 0 radical (unpaired) electrons. The summed E-state index contributed by atoms with van der Waals surface area (Å²) in [6, 6.07) is 0.836. The van der Waals surface area contributed by atoms with Crippen LogP contribution >= 0.6 is 0 Å². The molecule has 0 saturated carbocycles. The van der Waals surface area contributed by atoms with E-state index in [4.69, 9.17) is 13.3 Å². The van der Waals surface area contributed by atoms with Gasteiger partial charge in [0.25, 0.3) is 0 Å². The van der Waals surface area contributed by atoms with Crippen molar-refractivity contribution in [1.82, 2.24) is 9.80 Å². The van der Waals surface area contributed by atoms with Crippen LogP contribution in [0.5, 0.6) is 0 Å². The first-order valence-corrected chi connectivity index (χ1v) is 8.05. The van der Waals surface area contributed by atoms with Crippen molar-refractivity contribution >= 4 is 8.80 Å². The molecule has 0 amide bonds. The van der Waals surface area contributed by atoms with E-state index in [0.717, 1.165) is 32.2 Å². The number of hydrogen-bond donors (Lipinski definition) is 0. The van der Waals surface area contributed by atoms with Gasteiger partial charge in [-0.05, 0) is 6.42 Å². The Morgan fingerprint density at radius 3 is 2.33 bits per heavy atom. The van der Waals surface area contributed by atoms with Crippen molar-refractivity contribution in [3.8, 4) is 0 Å². The van der Waals surface area contributed by atoms with Crippen LogP contribution in [0.2, 0.25) is 6.04 Å². The number of hydrogen-bond acceptors (Lipinski definition) is 5. The molecule has 0 unspecified atom stereocenters. The molecule has 0 aliphatic carbocycles. The maximum Gasteiger partial charge on any atom is 0.500 e. The van der Waals surface area contributed by atoms with Crippen LogP contribution in [0, 0.1) is 0 Å². The molecule has 0 aromatic heterocycles. The van der Waals surface area contributed by atoms with Crippen LogP contribution in [0.3, 0.4) is 0 Å². The molecule has 18 heavy (non-hydrogen) atoms. The van der Waals surface area contributed by atoms with Crippen molar-refractivity contribution in [1.29, 1.82) is 0 Å². The molecule has 6 heteroatoms. The summed E-state index contributed by atoms with van der Waals surface area (Å²) in [5.74, 6) is 0. The third-order valence-corrected chi connectivity index (χ3v) is 5.91. The Kier molecular flexibility index (Phi) is 6.41. The molecule has 0 spiro atoms. The van der Waals surface area contributed by atoms with Crippen LogP contribution in [0.15, 0.2) is 25.1 Å². The van der Waals surface area contributed by atoms with Crippen molar-refractivity contribution in [2.45, 2.75) is 12.5 Å². The topological polar surface area (TPSA) is 34.2 Å². The average Bonchev–Trinajstić information content (AvgIpc) is 2.84. The van der Waals surface area contributed by atoms with Gasteiger partial charge in [-0.1, -0.05) is 6.08 Å². The van der Waals surface area contributed by atoms with Gasteiger partial charge in [0.05, 0.1) is 6.67 Å². The molecule has 0 saturated heterocycles. The molecular weight excluding hydrogens is 248 g/mol. The highest BCUT2D eigenvalue weighted by Gasteiger charge is 2.37. The van der Waals surface area contributed by atoms with E-state index in [0.29, 0.717) is 0 Å². The van der Waals surface area contributed by atoms with Gasteiger partial charge in [0.15, 0.2) is 0 Å². The van der Waals surface area contributed by atoms with Gasteiger partial charge in [-0.25, -0.2) is 0 Å². The Hall–Kier alpha value is -0.823. The van der Waals surface area contributed by atoms with E-state index in [9.17, 15) is 0 Å².